The summed E-state index contributed by atoms with van der Waals surface area (Å²) in [6, 6.07) is 0. The van der Waals surface area contributed by atoms with Gasteiger partial charge in [0.05, 0.1) is 34.5 Å². The molecule has 0 radical (unpaired) electrons. The van der Waals surface area contributed by atoms with Crippen molar-refractivity contribution < 1.29 is 99.9 Å². The van der Waals surface area contributed by atoms with Gasteiger partial charge in [0.15, 0.2) is 17.7 Å². The number of nitrogens with zero attached hydrogens (tertiary/aromatic N) is 4. The molecule has 0 spiro atoms. The number of imidazole rings is 1. The summed E-state index contributed by atoms with van der Waals surface area (Å²) in [5, 5.41) is 37.0. The van der Waals surface area contributed by atoms with Gasteiger partial charge in [-0.3, -0.25) is 28.1 Å². The van der Waals surface area contributed by atoms with Crippen molar-refractivity contribution in [3.63, 3.8) is 0 Å². The molecule has 7 N–H and O–H groups in total. The van der Waals surface area contributed by atoms with Gasteiger partial charge in [0.1, 0.15) is 59.9 Å². The Kier molecular flexibility index (Phi) is 21.1. The smallest absolute Gasteiger partial charge is 0.342 e. The van der Waals surface area contributed by atoms with E-state index in [1.54, 1.807) is 6.08 Å². The van der Waals surface area contributed by atoms with E-state index in [0.717, 1.165) is 45.7 Å². The summed E-state index contributed by atoms with van der Waals surface area (Å²) in [6.07, 6.45) is 0.938. The second kappa shape index (κ2) is 25.9. The number of amides is 2. The SMILES string of the molecule is COc1c(C)c2c(c(O)c1C/C=C(\C)CC/C=C(C)/C=C/C(=O)SCCNC(=O)CCNC(=O)[C@H](O)C(C)(C)COP(=O)([O-])OP(=O)([O-])OC[C@H]1O[C@@H](n3cnc4c(N)ncnc43)[C@H](O)[C@@H]1OP(=O)([O-])[O-])C(=O)OC2. The molecule has 2 aromatic heterocycles. The van der Waals surface area contributed by atoms with Crippen molar-refractivity contribution >= 4 is 75.1 Å². The fourth-order valence-electron chi connectivity index (χ4n) is 7.51. The van der Waals surface area contributed by atoms with Crippen molar-refractivity contribution in [2.45, 2.75) is 97.6 Å². The van der Waals surface area contributed by atoms with E-state index in [4.69, 9.17) is 19.9 Å². The number of nitrogen functional groups attached to an aromatic ring is 1. The molecule has 75 heavy (non-hydrogen) atoms. The van der Waals surface area contributed by atoms with Gasteiger partial charge in [-0.15, -0.1) is 0 Å². The Hall–Kier alpha value is -4.93. The minimum Gasteiger partial charge on any atom is -0.790 e. The number of nitrogens with two attached hydrogens (primary N) is 1. The first-order valence-electron chi connectivity index (χ1n) is 22.6. The van der Waals surface area contributed by atoms with Gasteiger partial charge >= 0.3 is 5.97 Å². The topological polar surface area (TPSA) is 431 Å². The molecule has 414 valence electrons. The van der Waals surface area contributed by atoms with Gasteiger partial charge in [-0.2, -0.15) is 0 Å². The third-order valence-corrected chi connectivity index (χ3v) is 15.4. The Balaban J connectivity index is 0.975. The monoisotopic (exact) mass is 1130 g/mol. The highest BCUT2D eigenvalue weighted by Gasteiger charge is 2.47. The number of phosphoric ester groups is 3. The average Bonchev–Trinajstić information content (AvgIpc) is 4.03. The number of anilines is 1. The van der Waals surface area contributed by atoms with Gasteiger partial charge in [-0.25, -0.2) is 24.1 Å². The van der Waals surface area contributed by atoms with Crippen LogP contribution in [0.3, 0.4) is 0 Å². The number of aromatic hydroxyl groups is 1. The number of cyclic esters (lactones) is 1. The van der Waals surface area contributed by atoms with Gasteiger partial charge in [0, 0.05) is 41.8 Å². The summed E-state index contributed by atoms with van der Waals surface area (Å²) in [5.74, 6) is -1.60. The van der Waals surface area contributed by atoms with Crippen LogP contribution in [0.25, 0.3) is 11.2 Å². The lowest BCUT2D eigenvalue weighted by Gasteiger charge is -2.36. The molecule has 2 unspecified atom stereocenters. The number of benzene rings is 1. The fraction of sp³-hybridized carbons (Fsp3) is 0.512. The minimum atomic E-state index is -5.95. The molecule has 2 aliphatic heterocycles. The Morgan fingerprint density at radius 1 is 1.04 bits per heavy atom. The number of allylic oxidation sites excluding steroid dienone is 5. The number of carbonyl (C=O) groups excluding carboxylic acids is 4. The van der Waals surface area contributed by atoms with E-state index in [-0.39, 0.29) is 65.3 Å². The first-order chi connectivity index (χ1) is 35.0. The van der Waals surface area contributed by atoms with E-state index >= 15 is 0 Å². The van der Waals surface area contributed by atoms with E-state index in [1.807, 2.05) is 32.9 Å². The van der Waals surface area contributed by atoms with Crippen LogP contribution in [0.15, 0.2) is 48.1 Å². The summed E-state index contributed by atoms with van der Waals surface area (Å²) in [6.45, 7) is 5.59. The number of phenols is 1. The number of rotatable bonds is 27. The highest BCUT2D eigenvalue weighted by Crippen LogP contribution is 2.56. The van der Waals surface area contributed by atoms with Crippen LogP contribution in [0.4, 0.5) is 5.82 Å². The van der Waals surface area contributed by atoms with Crippen molar-refractivity contribution in [1.82, 2.24) is 30.2 Å². The third kappa shape index (κ3) is 16.8. The van der Waals surface area contributed by atoms with Crippen molar-refractivity contribution in [1.29, 1.82) is 0 Å². The Bertz CT molecular complexity index is 2860. The van der Waals surface area contributed by atoms with E-state index < -0.39 is 90.5 Å². The van der Waals surface area contributed by atoms with Crippen molar-refractivity contribution in [3.05, 3.63) is 70.4 Å². The van der Waals surface area contributed by atoms with Crippen LogP contribution in [0, 0.1) is 12.3 Å². The maximum absolute atomic E-state index is 12.7. The number of hydrogen-bond donors (Lipinski definition) is 6. The maximum Gasteiger partial charge on any atom is 0.342 e. The molecule has 1 fully saturated rings. The number of phosphoric acid groups is 3. The number of phenolic OH excluding ortho intramolecular Hbond substituents is 1. The molecular weight excluding hydrogens is 1080 g/mol. The quantitative estimate of drug-likeness (QED) is 0.0149. The Morgan fingerprint density at radius 2 is 1.75 bits per heavy atom. The summed E-state index contributed by atoms with van der Waals surface area (Å²) in [7, 11) is -16.2. The highest BCUT2D eigenvalue weighted by molar-refractivity contribution is 8.14. The molecule has 5 rings (SSSR count). The van der Waals surface area contributed by atoms with Crippen LogP contribution in [0.1, 0.15) is 80.2 Å². The van der Waals surface area contributed by atoms with Crippen LogP contribution >= 0.6 is 35.2 Å². The molecule has 0 aliphatic carbocycles. The molecule has 3 aromatic rings. The molecule has 7 atom stereocenters. The van der Waals surface area contributed by atoms with Crippen molar-refractivity contribution in [2.75, 3.05) is 44.9 Å². The molecular formula is C43H56N7O21P3S-4. The summed E-state index contributed by atoms with van der Waals surface area (Å²) in [4.78, 5) is 109. The number of aliphatic hydroxyl groups excluding tert-OH is 2. The largest absolute Gasteiger partial charge is 0.790 e. The van der Waals surface area contributed by atoms with Crippen molar-refractivity contribution in [3.8, 4) is 11.5 Å². The molecule has 1 saturated heterocycles. The first-order valence-corrected chi connectivity index (χ1v) is 28.0. The number of carbonyl (C=O) groups is 4. The number of aliphatic hydroxyl groups is 2. The Labute approximate surface area is 433 Å². The van der Waals surface area contributed by atoms with E-state index in [1.165, 1.54) is 27.0 Å². The number of aromatic nitrogens is 4. The molecule has 1 aromatic carbocycles. The molecule has 32 heteroatoms. The van der Waals surface area contributed by atoms with Crippen LogP contribution in [-0.4, -0.2) is 121 Å². The molecule has 2 amide bonds. The standard InChI is InChI=1S/C43H60N7O21P3S/c1-23(10-12-26-33(53)31-27(18-66-42(31)57)25(3)35(26)65-6)8-7-9-24(2)11-13-30(52)75-17-16-45-29(51)14-15-46-40(56)37(55)43(4,5)20-68-74(63,64)71-73(61,62)67-19-28-36(70-72(58,59)60)34(54)41(69-28)50-22-49-32-38(44)47-21-48-39(32)50/h9-11,13,21-22,28,34,36-37,41,53-55H,7-8,12,14-20H2,1-6H3,(H,45,51)(H,46,56)(H,61,62)(H,63,64)(H2,44,47,48)(H2,58,59,60)/p-4/b13-11+,23-10+,24-9+/t28-,34-,36-,37+,41-/m1/s1. The second-order valence-corrected chi connectivity index (χ2v) is 22.8. The van der Waals surface area contributed by atoms with Gasteiger partial charge in [0.25, 0.3) is 15.6 Å². The maximum atomic E-state index is 12.7. The normalized spacial score (nSPS) is 20.4. The predicted octanol–water partition coefficient (Wildman–Crippen LogP) is 0.301. The number of thioether (sulfide) groups is 1. The zero-order valence-electron chi connectivity index (χ0n) is 41.2. The molecule has 4 heterocycles. The van der Waals surface area contributed by atoms with E-state index in [2.05, 4.69) is 43.5 Å². The number of fused-ring (bicyclic) bond motifs is 2. The van der Waals surface area contributed by atoms with Crippen molar-refractivity contribution in [2.24, 2.45) is 5.41 Å². The average molecular weight is 1130 g/mol. The van der Waals surface area contributed by atoms with Gasteiger partial charge in [0.2, 0.25) is 16.9 Å². The lowest BCUT2D eigenvalue weighted by atomic mass is 9.87. The highest BCUT2D eigenvalue weighted by atomic mass is 32.2. The second-order valence-electron chi connectivity index (χ2n) is 17.6. The number of nitrogens with one attached hydrogen (secondary N) is 2. The van der Waals surface area contributed by atoms with Crippen LogP contribution in [0.2, 0.25) is 0 Å². The first kappa shape index (κ1) is 60.9. The van der Waals surface area contributed by atoms with E-state index in [9.17, 15) is 67.8 Å². The van der Waals surface area contributed by atoms with Gasteiger partial charge in [-0.05, 0) is 51.7 Å². The van der Waals surface area contributed by atoms with Crippen LogP contribution < -0.4 is 40.7 Å². The zero-order chi connectivity index (χ0) is 55.6. The summed E-state index contributed by atoms with van der Waals surface area (Å²) < 4.78 is 71.5. The Morgan fingerprint density at radius 3 is 2.44 bits per heavy atom. The number of esters is 1. The molecule has 2 aliphatic rings. The van der Waals surface area contributed by atoms with Gasteiger partial charge in [-0.1, -0.05) is 55.0 Å². The van der Waals surface area contributed by atoms with Gasteiger partial charge < -0.3 is 83.6 Å². The fourth-order valence-corrected chi connectivity index (χ4v) is 10.8. The van der Waals surface area contributed by atoms with Crippen LogP contribution in [-0.2, 0) is 68.5 Å². The number of hydrogen-bond acceptors (Lipinski definition) is 26. The number of methoxy groups -OCH3 is 1. The molecule has 0 saturated carbocycles. The lowest BCUT2D eigenvalue weighted by molar-refractivity contribution is -0.347. The molecule has 28 nitrogen and oxygen atoms in total. The summed E-state index contributed by atoms with van der Waals surface area (Å²) >= 11 is 0.964. The van der Waals surface area contributed by atoms with E-state index in [0.29, 0.717) is 36.1 Å². The third-order valence-electron chi connectivity index (χ3n) is 11.5. The molecule has 0 bridgehead atoms. The minimum absolute atomic E-state index is 0.0324. The van der Waals surface area contributed by atoms with Crippen LogP contribution in [0.5, 0.6) is 11.5 Å². The number of ether oxygens (including phenoxy) is 3. The summed E-state index contributed by atoms with van der Waals surface area (Å²) in [5.41, 5.74) is 7.95. The zero-order valence-corrected chi connectivity index (χ0v) is 44.7. The predicted molar refractivity (Wildman–Crippen MR) is 256 cm³/mol. The lowest BCUT2D eigenvalue weighted by Crippen LogP contribution is -2.46.